The highest BCUT2D eigenvalue weighted by molar-refractivity contribution is 5.88. The second-order valence-corrected chi connectivity index (χ2v) is 10.6. The summed E-state index contributed by atoms with van der Waals surface area (Å²) < 4.78 is 0. The summed E-state index contributed by atoms with van der Waals surface area (Å²) in [5.74, 6) is 1.76. The molecule has 0 saturated heterocycles. The van der Waals surface area contributed by atoms with Gasteiger partial charge in [0.15, 0.2) is 5.78 Å². The molecule has 0 aromatic carbocycles. The first kappa shape index (κ1) is 20.1. The number of rotatable bonds is 5. The SMILES string of the molecule is C=CC(=O)CC[C@@]1(C)CCCC2C1[C@@H](O)C[C@@]1(C)C2CC[C@@H]1C(C)(C)O. The summed E-state index contributed by atoms with van der Waals surface area (Å²) in [5.41, 5.74) is -0.631. The molecule has 0 heterocycles. The molecule has 3 heteroatoms. The number of allylic oxidation sites excluding steroid dienone is 1. The zero-order valence-electron chi connectivity index (χ0n) is 17.1. The normalized spacial score (nSPS) is 45.7. The number of carbonyl (C=O) groups excluding carboxylic acids is 1. The van der Waals surface area contributed by atoms with E-state index in [1.54, 1.807) is 0 Å². The Morgan fingerprint density at radius 1 is 1.27 bits per heavy atom. The maximum atomic E-state index is 11.8. The van der Waals surface area contributed by atoms with Gasteiger partial charge >= 0.3 is 0 Å². The number of ketones is 1. The Bertz CT molecular complexity index is 562. The third-order valence-electron chi connectivity index (χ3n) is 8.56. The van der Waals surface area contributed by atoms with E-state index < -0.39 is 5.60 Å². The minimum absolute atomic E-state index is 0.0218. The van der Waals surface area contributed by atoms with Crippen molar-refractivity contribution < 1.29 is 15.0 Å². The van der Waals surface area contributed by atoms with Crippen LogP contribution in [-0.4, -0.2) is 27.7 Å². The van der Waals surface area contributed by atoms with Crippen LogP contribution in [0, 0.1) is 34.5 Å². The van der Waals surface area contributed by atoms with Crippen LogP contribution in [0.15, 0.2) is 12.7 Å². The summed E-state index contributed by atoms with van der Waals surface area (Å²) in [6.07, 6.45) is 9.01. The number of hydrogen-bond acceptors (Lipinski definition) is 3. The molecule has 26 heavy (non-hydrogen) atoms. The second kappa shape index (κ2) is 6.74. The van der Waals surface area contributed by atoms with Gasteiger partial charge in [0.25, 0.3) is 0 Å². The summed E-state index contributed by atoms with van der Waals surface area (Å²) in [5, 5.41) is 22.0. The maximum Gasteiger partial charge on any atom is 0.155 e. The van der Waals surface area contributed by atoms with E-state index in [1.165, 1.54) is 25.3 Å². The third-order valence-corrected chi connectivity index (χ3v) is 8.56. The van der Waals surface area contributed by atoms with Gasteiger partial charge in [-0.3, -0.25) is 4.79 Å². The Morgan fingerprint density at radius 2 is 1.96 bits per heavy atom. The summed E-state index contributed by atoms with van der Waals surface area (Å²) >= 11 is 0. The fraction of sp³-hybridized carbons (Fsp3) is 0.870. The lowest BCUT2D eigenvalue weighted by molar-refractivity contribution is -0.160. The summed E-state index contributed by atoms with van der Waals surface area (Å²) in [6, 6.07) is 0. The van der Waals surface area contributed by atoms with Crippen molar-refractivity contribution in [1.29, 1.82) is 0 Å². The standard InChI is InChI=1S/C23H38O3/c1-6-15(24)11-13-22(4)12-7-8-16-17-9-10-19(21(2,3)26)23(17,5)14-18(25)20(16)22/h6,16-20,25-26H,1,7-14H2,2-5H3/t16?,17?,18-,19+,20?,22+,23-/m0/s1. The van der Waals surface area contributed by atoms with Gasteiger partial charge in [-0.05, 0) is 93.0 Å². The molecule has 3 aliphatic carbocycles. The van der Waals surface area contributed by atoms with E-state index in [0.29, 0.717) is 18.3 Å². The fourth-order valence-corrected chi connectivity index (χ4v) is 7.61. The van der Waals surface area contributed by atoms with Crippen LogP contribution in [0.2, 0.25) is 0 Å². The average molecular weight is 363 g/mol. The summed E-state index contributed by atoms with van der Waals surface area (Å²) in [6.45, 7) is 12.1. The monoisotopic (exact) mass is 362 g/mol. The summed E-state index contributed by atoms with van der Waals surface area (Å²) in [4.78, 5) is 11.8. The van der Waals surface area contributed by atoms with Crippen molar-refractivity contribution in [1.82, 2.24) is 0 Å². The summed E-state index contributed by atoms with van der Waals surface area (Å²) in [7, 11) is 0. The predicted octanol–water partition coefficient (Wildman–Crippen LogP) is 4.51. The number of fused-ring (bicyclic) bond motifs is 3. The molecule has 0 spiro atoms. The van der Waals surface area contributed by atoms with Crippen LogP contribution in [-0.2, 0) is 4.79 Å². The molecular weight excluding hydrogens is 324 g/mol. The lowest BCUT2D eigenvalue weighted by atomic mass is 9.47. The molecule has 3 rings (SSSR count). The first-order valence-electron chi connectivity index (χ1n) is 10.6. The maximum absolute atomic E-state index is 11.8. The van der Waals surface area contributed by atoms with Gasteiger partial charge in [0.2, 0.25) is 0 Å². The average Bonchev–Trinajstić information content (AvgIpc) is 2.89. The number of hydrogen-bond donors (Lipinski definition) is 2. The smallest absolute Gasteiger partial charge is 0.155 e. The molecule has 3 unspecified atom stereocenters. The molecule has 2 N–H and O–H groups in total. The molecule has 0 amide bonds. The first-order valence-corrected chi connectivity index (χ1v) is 10.6. The first-order chi connectivity index (χ1) is 12.0. The number of aliphatic hydroxyl groups is 2. The Hall–Kier alpha value is -0.670. The highest BCUT2D eigenvalue weighted by Gasteiger charge is 2.62. The van der Waals surface area contributed by atoms with Crippen LogP contribution in [0.3, 0.4) is 0 Å². The zero-order chi connectivity index (χ0) is 19.3. The van der Waals surface area contributed by atoms with Crippen LogP contribution in [0.4, 0.5) is 0 Å². The second-order valence-electron chi connectivity index (χ2n) is 10.6. The minimum Gasteiger partial charge on any atom is -0.393 e. The van der Waals surface area contributed by atoms with Gasteiger partial charge in [-0.15, -0.1) is 0 Å². The molecule has 0 aromatic rings. The molecule has 7 atom stereocenters. The molecule has 0 aromatic heterocycles. The van der Waals surface area contributed by atoms with Gasteiger partial charge in [-0.1, -0.05) is 26.8 Å². The Labute approximate surface area is 159 Å². The molecule has 0 radical (unpaired) electrons. The quantitative estimate of drug-likeness (QED) is 0.707. The van der Waals surface area contributed by atoms with Crippen molar-refractivity contribution in [3.8, 4) is 0 Å². The lowest BCUT2D eigenvalue weighted by Crippen LogP contribution is -2.57. The van der Waals surface area contributed by atoms with Crippen LogP contribution >= 0.6 is 0 Å². The molecule has 148 valence electrons. The molecule has 3 fully saturated rings. The largest absolute Gasteiger partial charge is 0.393 e. The van der Waals surface area contributed by atoms with E-state index in [9.17, 15) is 15.0 Å². The van der Waals surface area contributed by atoms with Crippen molar-refractivity contribution in [2.24, 2.45) is 34.5 Å². The molecule has 3 saturated carbocycles. The highest BCUT2D eigenvalue weighted by Crippen LogP contribution is 2.66. The molecule has 3 nitrogen and oxygen atoms in total. The van der Waals surface area contributed by atoms with Crippen molar-refractivity contribution in [2.45, 2.75) is 90.8 Å². The van der Waals surface area contributed by atoms with E-state index in [1.807, 2.05) is 13.8 Å². The van der Waals surface area contributed by atoms with Gasteiger partial charge in [0.1, 0.15) is 0 Å². The molecule has 3 aliphatic rings. The highest BCUT2D eigenvalue weighted by atomic mass is 16.3. The molecule has 0 bridgehead atoms. The fourth-order valence-electron chi connectivity index (χ4n) is 7.61. The van der Waals surface area contributed by atoms with E-state index >= 15 is 0 Å². The Kier molecular flexibility index (Phi) is 5.20. The zero-order valence-corrected chi connectivity index (χ0v) is 17.1. The van der Waals surface area contributed by atoms with Crippen LogP contribution in [0.1, 0.15) is 79.1 Å². The van der Waals surface area contributed by atoms with Gasteiger partial charge in [0.05, 0.1) is 11.7 Å². The van der Waals surface area contributed by atoms with E-state index in [-0.39, 0.29) is 34.6 Å². The Balaban J connectivity index is 1.87. The van der Waals surface area contributed by atoms with E-state index in [0.717, 1.165) is 25.7 Å². The number of carbonyl (C=O) groups is 1. The van der Waals surface area contributed by atoms with E-state index in [2.05, 4.69) is 20.4 Å². The van der Waals surface area contributed by atoms with E-state index in [4.69, 9.17) is 0 Å². The molecular formula is C23H38O3. The topological polar surface area (TPSA) is 57.5 Å². The van der Waals surface area contributed by atoms with Crippen molar-refractivity contribution in [3.63, 3.8) is 0 Å². The van der Waals surface area contributed by atoms with Gasteiger partial charge in [-0.2, -0.15) is 0 Å². The van der Waals surface area contributed by atoms with Crippen molar-refractivity contribution >= 4 is 5.78 Å². The minimum atomic E-state index is -0.690. The van der Waals surface area contributed by atoms with Gasteiger partial charge < -0.3 is 10.2 Å². The molecule has 0 aliphatic heterocycles. The van der Waals surface area contributed by atoms with Gasteiger partial charge in [0, 0.05) is 6.42 Å². The van der Waals surface area contributed by atoms with Crippen molar-refractivity contribution in [2.75, 3.05) is 0 Å². The number of aliphatic hydroxyl groups excluding tert-OH is 1. The Morgan fingerprint density at radius 3 is 2.58 bits per heavy atom. The van der Waals surface area contributed by atoms with Crippen LogP contribution in [0.25, 0.3) is 0 Å². The van der Waals surface area contributed by atoms with Crippen LogP contribution < -0.4 is 0 Å². The predicted molar refractivity (Wildman–Crippen MR) is 105 cm³/mol. The van der Waals surface area contributed by atoms with Gasteiger partial charge in [-0.25, -0.2) is 0 Å². The third kappa shape index (κ3) is 3.20. The lowest BCUT2D eigenvalue weighted by Gasteiger charge is -2.59. The van der Waals surface area contributed by atoms with Crippen molar-refractivity contribution in [3.05, 3.63) is 12.7 Å². The van der Waals surface area contributed by atoms with Crippen LogP contribution in [0.5, 0.6) is 0 Å².